The molecular weight excluding hydrogens is 397 g/mol. The van der Waals surface area contributed by atoms with Crippen LogP contribution in [0.15, 0.2) is 42.6 Å². The molecule has 0 unspecified atom stereocenters. The third kappa shape index (κ3) is 3.96. The van der Waals surface area contributed by atoms with Crippen LogP contribution in [0.2, 0.25) is 0 Å². The first-order valence-corrected chi connectivity index (χ1v) is 10.9. The van der Waals surface area contributed by atoms with Crippen LogP contribution < -0.4 is 0 Å². The van der Waals surface area contributed by atoms with E-state index in [9.17, 15) is 14.0 Å². The van der Waals surface area contributed by atoms with Crippen molar-refractivity contribution in [3.63, 3.8) is 0 Å². The van der Waals surface area contributed by atoms with Crippen LogP contribution in [-0.2, 0) is 16.1 Å². The predicted octanol–water partition coefficient (Wildman–Crippen LogP) is 4.54. The summed E-state index contributed by atoms with van der Waals surface area (Å²) in [6.07, 6.45) is 4.96. The molecule has 3 heterocycles. The molecule has 6 nitrogen and oxygen atoms in total. The van der Waals surface area contributed by atoms with Gasteiger partial charge in [-0.15, -0.1) is 0 Å². The number of benzene rings is 1. The van der Waals surface area contributed by atoms with E-state index in [1.54, 1.807) is 29.7 Å². The second-order valence-corrected chi connectivity index (χ2v) is 8.20. The number of hydrogen-bond acceptors (Lipinski definition) is 3. The number of esters is 1. The molecule has 1 aliphatic rings. The van der Waals surface area contributed by atoms with Gasteiger partial charge in [0.25, 0.3) is 0 Å². The maximum absolute atomic E-state index is 13.4. The summed E-state index contributed by atoms with van der Waals surface area (Å²) < 4.78 is 22.2. The molecule has 3 aromatic rings. The molecule has 0 saturated carbocycles. The smallest absolute Gasteiger partial charge is 0.355 e. The third-order valence-corrected chi connectivity index (χ3v) is 6.12. The summed E-state index contributed by atoms with van der Waals surface area (Å²) >= 11 is 0. The SMILES string of the molecule is CCOC(=O)c1cc2c(ccn2-c2ccc(F)cc2)n1CC(=O)N1[C@H](C)CCC[C@@H]1C. The molecule has 1 amide bonds. The van der Waals surface area contributed by atoms with Crippen molar-refractivity contribution in [2.75, 3.05) is 6.61 Å². The number of hydrogen-bond donors (Lipinski definition) is 0. The van der Waals surface area contributed by atoms with Gasteiger partial charge in [-0.25, -0.2) is 9.18 Å². The van der Waals surface area contributed by atoms with Crippen molar-refractivity contribution in [3.8, 4) is 5.69 Å². The average Bonchev–Trinajstić information content (AvgIpc) is 3.29. The first-order chi connectivity index (χ1) is 14.9. The quantitative estimate of drug-likeness (QED) is 0.564. The highest BCUT2D eigenvalue weighted by Crippen LogP contribution is 2.27. The van der Waals surface area contributed by atoms with Gasteiger partial charge in [0.05, 0.1) is 17.6 Å². The van der Waals surface area contributed by atoms with Crippen molar-refractivity contribution in [1.82, 2.24) is 14.0 Å². The van der Waals surface area contributed by atoms with Gasteiger partial charge in [0, 0.05) is 24.0 Å². The van der Waals surface area contributed by atoms with E-state index >= 15 is 0 Å². The maximum Gasteiger partial charge on any atom is 0.355 e. The normalized spacial score (nSPS) is 19.0. The molecule has 0 spiro atoms. The number of aromatic nitrogens is 2. The minimum absolute atomic E-state index is 0.00252. The number of nitrogens with zero attached hydrogens (tertiary/aromatic N) is 3. The Morgan fingerprint density at radius 1 is 1.06 bits per heavy atom. The van der Waals surface area contributed by atoms with Gasteiger partial charge in [-0.2, -0.15) is 0 Å². The number of rotatable bonds is 5. The molecule has 2 atom stereocenters. The van der Waals surface area contributed by atoms with E-state index in [2.05, 4.69) is 13.8 Å². The maximum atomic E-state index is 13.4. The number of halogens is 1. The summed E-state index contributed by atoms with van der Waals surface area (Å²) in [5, 5.41) is 0. The predicted molar refractivity (Wildman–Crippen MR) is 117 cm³/mol. The van der Waals surface area contributed by atoms with E-state index in [0.29, 0.717) is 5.69 Å². The van der Waals surface area contributed by atoms with E-state index in [1.807, 2.05) is 21.7 Å². The Bertz CT molecular complexity index is 1090. The summed E-state index contributed by atoms with van der Waals surface area (Å²) in [4.78, 5) is 27.9. The number of carbonyl (C=O) groups excluding carboxylic acids is 2. The Labute approximate surface area is 181 Å². The fourth-order valence-corrected chi connectivity index (χ4v) is 4.64. The van der Waals surface area contributed by atoms with Crippen molar-refractivity contribution in [3.05, 3.63) is 54.1 Å². The van der Waals surface area contributed by atoms with Gasteiger partial charge in [-0.1, -0.05) is 0 Å². The number of amides is 1. The molecule has 1 fully saturated rings. The Kier molecular flexibility index (Phi) is 5.85. The highest BCUT2D eigenvalue weighted by molar-refractivity contribution is 5.96. The molecule has 1 saturated heterocycles. The molecular formula is C24H28FN3O3. The number of likely N-dealkylation sites (tertiary alicyclic amines) is 1. The topological polar surface area (TPSA) is 56.5 Å². The van der Waals surface area contributed by atoms with Crippen molar-refractivity contribution < 1.29 is 18.7 Å². The zero-order valence-corrected chi connectivity index (χ0v) is 18.2. The van der Waals surface area contributed by atoms with Gasteiger partial charge in [-0.3, -0.25) is 4.79 Å². The number of piperidine rings is 1. The Morgan fingerprint density at radius 3 is 2.39 bits per heavy atom. The van der Waals surface area contributed by atoms with E-state index in [1.165, 1.54) is 12.1 Å². The zero-order chi connectivity index (χ0) is 22.1. The second kappa shape index (κ2) is 8.57. The van der Waals surface area contributed by atoms with Crippen LogP contribution in [0.25, 0.3) is 16.7 Å². The van der Waals surface area contributed by atoms with E-state index in [-0.39, 0.29) is 37.0 Å². The van der Waals surface area contributed by atoms with E-state index in [0.717, 1.165) is 36.0 Å². The molecule has 7 heteroatoms. The minimum atomic E-state index is -0.461. The lowest BCUT2D eigenvalue weighted by Gasteiger charge is -2.39. The van der Waals surface area contributed by atoms with Gasteiger partial charge in [-0.05, 0) is 76.4 Å². The van der Waals surface area contributed by atoms with Gasteiger partial charge < -0.3 is 18.8 Å². The summed E-state index contributed by atoms with van der Waals surface area (Å²) in [5.41, 5.74) is 2.64. The van der Waals surface area contributed by atoms with Crippen LogP contribution in [0.4, 0.5) is 4.39 Å². The lowest BCUT2D eigenvalue weighted by atomic mass is 9.97. The van der Waals surface area contributed by atoms with Crippen LogP contribution >= 0.6 is 0 Å². The Hall–Kier alpha value is -3.09. The van der Waals surface area contributed by atoms with Crippen LogP contribution in [0.3, 0.4) is 0 Å². The Morgan fingerprint density at radius 2 is 1.74 bits per heavy atom. The van der Waals surface area contributed by atoms with Crippen molar-refractivity contribution in [2.45, 2.75) is 58.7 Å². The van der Waals surface area contributed by atoms with Gasteiger partial charge >= 0.3 is 5.97 Å². The van der Waals surface area contributed by atoms with Gasteiger partial charge in [0.2, 0.25) is 5.91 Å². The molecule has 4 rings (SSSR count). The standard InChI is InChI=1S/C24H28FN3O3/c1-4-31-24(30)22-14-21-20(12-13-26(21)19-10-8-18(25)9-11-19)27(22)15-23(29)28-16(2)6-5-7-17(28)3/h8-14,16-17H,4-7,15H2,1-3H3/t16-,17+. The summed E-state index contributed by atoms with van der Waals surface area (Å²) in [7, 11) is 0. The molecule has 1 aliphatic heterocycles. The number of carbonyl (C=O) groups is 2. The number of fused-ring (bicyclic) bond motifs is 1. The van der Waals surface area contributed by atoms with Crippen LogP contribution in [-0.4, -0.2) is 44.6 Å². The van der Waals surface area contributed by atoms with E-state index in [4.69, 9.17) is 4.74 Å². The molecule has 0 N–H and O–H groups in total. The Balaban J connectivity index is 1.75. The van der Waals surface area contributed by atoms with Crippen molar-refractivity contribution in [1.29, 1.82) is 0 Å². The molecule has 0 aliphatic carbocycles. The first kappa shape index (κ1) is 21.2. The van der Waals surface area contributed by atoms with Crippen LogP contribution in [0, 0.1) is 5.82 Å². The molecule has 164 valence electrons. The summed E-state index contributed by atoms with van der Waals surface area (Å²) in [6, 6.07) is 10.1. The van der Waals surface area contributed by atoms with Gasteiger partial charge in [0.1, 0.15) is 18.1 Å². The largest absolute Gasteiger partial charge is 0.461 e. The molecule has 1 aromatic carbocycles. The molecule has 0 bridgehead atoms. The molecule has 31 heavy (non-hydrogen) atoms. The average molecular weight is 426 g/mol. The van der Waals surface area contributed by atoms with E-state index < -0.39 is 5.97 Å². The summed E-state index contributed by atoms with van der Waals surface area (Å²) in [6.45, 7) is 6.23. The highest BCUT2D eigenvalue weighted by Gasteiger charge is 2.30. The first-order valence-electron chi connectivity index (χ1n) is 10.9. The lowest BCUT2D eigenvalue weighted by Crippen LogP contribution is -2.48. The number of ether oxygens (including phenoxy) is 1. The lowest BCUT2D eigenvalue weighted by molar-refractivity contribution is -0.137. The zero-order valence-electron chi connectivity index (χ0n) is 18.2. The second-order valence-electron chi connectivity index (χ2n) is 8.20. The van der Waals surface area contributed by atoms with Crippen LogP contribution in [0.1, 0.15) is 50.5 Å². The fourth-order valence-electron chi connectivity index (χ4n) is 4.64. The molecule has 2 aromatic heterocycles. The van der Waals surface area contributed by atoms with Crippen molar-refractivity contribution in [2.24, 2.45) is 0 Å². The highest BCUT2D eigenvalue weighted by atomic mass is 19.1. The third-order valence-electron chi connectivity index (χ3n) is 6.12. The summed E-state index contributed by atoms with van der Waals surface area (Å²) in [5.74, 6) is -0.776. The monoisotopic (exact) mass is 425 g/mol. The minimum Gasteiger partial charge on any atom is -0.461 e. The van der Waals surface area contributed by atoms with Gasteiger partial charge in [0.15, 0.2) is 0 Å². The van der Waals surface area contributed by atoms with Crippen LogP contribution in [0.5, 0.6) is 0 Å². The van der Waals surface area contributed by atoms with Crippen molar-refractivity contribution >= 4 is 22.9 Å². The molecule has 0 radical (unpaired) electrons. The fraction of sp³-hybridized carbons (Fsp3) is 0.417.